The van der Waals surface area contributed by atoms with Crippen molar-refractivity contribution in [2.24, 2.45) is 0 Å². The van der Waals surface area contributed by atoms with Crippen LogP contribution in [0.15, 0.2) is 36.5 Å². The lowest BCUT2D eigenvalue weighted by atomic mass is 10.1. The quantitative estimate of drug-likeness (QED) is 0.893. The minimum Gasteiger partial charge on any atom is -0.309 e. The molecule has 4 heteroatoms. The van der Waals surface area contributed by atoms with Crippen LogP contribution in [0.4, 0.5) is 0 Å². The molecule has 90 valence electrons. The van der Waals surface area contributed by atoms with Crippen molar-refractivity contribution in [3.05, 3.63) is 51.4 Å². The van der Waals surface area contributed by atoms with Gasteiger partial charge in [-0.1, -0.05) is 24.6 Å². The summed E-state index contributed by atoms with van der Waals surface area (Å²) in [7, 11) is 0. The van der Waals surface area contributed by atoms with Crippen molar-refractivity contribution in [2.45, 2.75) is 19.4 Å². The first-order valence-corrected chi connectivity index (χ1v) is 6.87. The van der Waals surface area contributed by atoms with Crippen LogP contribution in [0, 0.1) is 0 Å². The summed E-state index contributed by atoms with van der Waals surface area (Å²) in [6, 6.07) is 10.3. The summed E-state index contributed by atoms with van der Waals surface area (Å²) in [4.78, 5) is 5.69. The standard InChI is InChI=1S/C13H15ClN2S/c1-2-15-12(11-5-3-4-8-16-11)9-10-6-7-13(14)17-10/h3-8,12,15H,2,9H2,1H3. The third kappa shape index (κ3) is 3.53. The lowest BCUT2D eigenvalue weighted by Crippen LogP contribution is -2.23. The molecule has 17 heavy (non-hydrogen) atoms. The summed E-state index contributed by atoms with van der Waals surface area (Å²) < 4.78 is 0.844. The Kier molecular flexibility index (Phi) is 4.54. The Hall–Kier alpha value is -0.900. The zero-order valence-electron chi connectivity index (χ0n) is 9.69. The van der Waals surface area contributed by atoms with Crippen molar-refractivity contribution in [1.29, 1.82) is 0 Å². The minimum atomic E-state index is 0.260. The molecule has 0 saturated heterocycles. The zero-order valence-corrected chi connectivity index (χ0v) is 11.3. The van der Waals surface area contributed by atoms with Gasteiger partial charge in [0.25, 0.3) is 0 Å². The van der Waals surface area contributed by atoms with Gasteiger partial charge in [0.15, 0.2) is 0 Å². The number of thiophene rings is 1. The van der Waals surface area contributed by atoms with Gasteiger partial charge in [-0.15, -0.1) is 11.3 Å². The predicted molar refractivity (Wildman–Crippen MR) is 73.7 cm³/mol. The molecule has 0 fully saturated rings. The van der Waals surface area contributed by atoms with Gasteiger partial charge in [-0.2, -0.15) is 0 Å². The summed E-state index contributed by atoms with van der Waals surface area (Å²) in [6.45, 7) is 3.04. The molecule has 2 nitrogen and oxygen atoms in total. The minimum absolute atomic E-state index is 0.260. The number of halogens is 1. The Morgan fingerprint density at radius 1 is 1.35 bits per heavy atom. The second kappa shape index (κ2) is 6.15. The Balaban J connectivity index is 2.13. The molecule has 0 radical (unpaired) electrons. The number of hydrogen-bond donors (Lipinski definition) is 1. The molecule has 0 spiro atoms. The molecule has 0 aliphatic heterocycles. The highest BCUT2D eigenvalue weighted by molar-refractivity contribution is 7.16. The third-order valence-electron chi connectivity index (χ3n) is 2.53. The number of hydrogen-bond acceptors (Lipinski definition) is 3. The van der Waals surface area contributed by atoms with Crippen molar-refractivity contribution in [3.63, 3.8) is 0 Å². The van der Waals surface area contributed by atoms with Crippen LogP contribution in [0.2, 0.25) is 4.34 Å². The Morgan fingerprint density at radius 3 is 2.82 bits per heavy atom. The van der Waals surface area contributed by atoms with Crippen molar-refractivity contribution in [3.8, 4) is 0 Å². The first-order chi connectivity index (χ1) is 8.29. The summed E-state index contributed by atoms with van der Waals surface area (Å²) in [6.07, 6.45) is 2.77. The van der Waals surface area contributed by atoms with Crippen LogP contribution in [0.5, 0.6) is 0 Å². The Labute approximate surface area is 111 Å². The molecule has 2 rings (SSSR count). The predicted octanol–water partition coefficient (Wildman–Crippen LogP) is 3.69. The molecule has 1 atom stereocenters. The first kappa shape index (κ1) is 12.6. The molecule has 1 N–H and O–H groups in total. The third-order valence-corrected chi connectivity index (χ3v) is 3.78. The normalized spacial score (nSPS) is 12.6. The summed E-state index contributed by atoms with van der Waals surface area (Å²) in [5.41, 5.74) is 1.08. The number of aromatic nitrogens is 1. The monoisotopic (exact) mass is 266 g/mol. The first-order valence-electron chi connectivity index (χ1n) is 5.68. The number of rotatable bonds is 5. The Bertz CT molecular complexity index is 455. The van der Waals surface area contributed by atoms with E-state index in [-0.39, 0.29) is 6.04 Å². The summed E-state index contributed by atoms with van der Waals surface area (Å²) in [5.74, 6) is 0. The van der Waals surface area contributed by atoms with Gasteiger partial charge in [-0.3, -0.25) is 4.98 Å². The van der Waals surface area contributed by atoms with Crippen LogP contribution in [-0.2, 0) is 6.42 Å². The van der Waals surface area contributed by atoms with Crippen molar-refractivity contribution >= 4 is 22.9 Å². The largest absolute Gasteiger partial charge is 0.309 e. The van der Waals surface area contributed by atoms with Gasteiger partial charge < -0.3 is 5.32 Å². The molecule has 1 unspecified atom stereocenters. The maximum absolute atomic E-state index is 5.95. The van der Waals surface area contributed by atoms with Crippen molar-refractivity contribution < 1.29 is 0 Å². The van der Waals surface area contributed by atoms with E-state index in [4.69, 9.17) is 11.6 Å². The van der Waals surface area contributed by atoms with E-state index >= 15 is 0 Å². The number of nitrogens with zero attached hydrogens (tertiary/aromatic N) is 1. The zero-order chi connectivity index (χ0) is 12.1. The molecule has 0 aliphatic rings. The fraction of sp³-hybridized carbons (Fsp3) is 0.308. The van der Waals surface area contributed by atoms with Crippen molar-refractivity contribution in [2.75, 3.05) is 6.54 Å². The molecule has 2 aromatic rings. The van der Waals surface area contributed by atoms with Gasteiger partial charge in [-0.05, 0) is 30.8 Å². The van der Waals surface area contributed by atoms with Gasteiger partial charge in [0.1, 0.15) is 0 Å². The SMILES string of the molecule is CCNC(Cc1ccc(Cl)s1)c1ccccn1. The lowest BCUT2D eigenvalue weighted by molar-refractivity contribution is 0.540. The van der Waals surface area contributed by atoms with E-state index < -0.39 is 0 Å². The van der Waals surface area contributed by atoms with Crippen molar-refractivity contribution in [1.82, 2.24) is 10.3 Å². The fourth-order valence-electron chi connectivity index (χ4n) is 1.77. The van der Waals surface area contributed by atoms with E-state index in [0.717, 1.165) is 23.0 Å². The molecule has 0 aromatic carbocycles. The molecule has 0 aliphatic carbocycles. The van der Waals surface area contributed by atoms with E-state index in [1.807, 2.05) is 24.4 Å². The lowest BCUT2D eigenvalue weighted by Gasteiger charge is -2.16. The van der Waals surface area contributed by atoms with Gasteiger partial charge in [-0.25, -0.2) is 0 Å². The molecule has 2 heterocycles. The number of likely N-dealkylation sites (N-methyl/N-ethyl adjacent to an activating group) is 1. The maximum Gasteiger partial charge on any atom is 0.0931 e. The highest BCUT2D eigenvalue weighted by atomic mass is 35.5. The number of nitrogens with one attached hydrogen (secondary N) is 1. The van der Waals surface area contributed by atoms with Crippen LogP contribution in [0.3, 0.4) is 0 Å². The van der Waals surface area contributed by atoms with Gasteiger partial charge in [0.2, 0.25) is 0 Å². The van der Waals surface area contributed by atoms with Crippen LogP contribution < -0.4 is 5.32 Å². The van der Waals surface area contributed by atoms with Crippen LogP contribution in [-0.4, -0.2) is 11.5 Å². The van der Waals surface area contributed by atoms with Crippen LogP contribution >= 0.6 is 22.9 Å². The van der Waals surface area contributed by atoms with Gasteiger partial charge in [0.05, 0.1) is 16.1 Å². The smallest absolute Gasteiger partial charge is 0.0931 e. The Morgan fingerprint density at radius 2 is 2.24 bits per heavy atom. The highest BCUT2D eigenvalue weighted by Gasteiger charge is 2.13. The fourth-order valence-corrected chi connectivity index (χ4v) is 2.91. The van der Waals surface area contributed by atoms with E-state index in [2.05, 4.69) is 29.4 Å². The van der Waals surface area contributed by atoms with E-state index in [1.165, 1.54) is 4.88 Å². The van der Waals surface area contributed by atoms with Crippen LogP contribution in [0.25, 0.3) is 0 Å². The second-order valence-electron chi connectivity index (χ2n) is 3.77. The molecule has 2 aromatic heterocycles. The highest BCUT2D eigenvalue weighted by Crippen LogP contribution is 2.25. The van der Waals surface area contributed by atoms with E-state index in [1.54, 1.807) is 11.3 Å². The van der Waals surface area contributed by atoms with Gasteiger partial charge in [0, 0.05) is 17.5 Å². The van der Waals surface area contributed by atoms with E-state index in [0.29, 0.717) is 0 Å². The molecule has 0 saturated carbocycles. The van der Waals surface area contributed by atoms with Crippen LogP contribution in [0.1, 0.15) is 23.5 Å². The molecule has 0 bridgehead atoms. The molecular weight excluding hydrogens is 252 g/mol. The molecule has 0 amide bonds. The van der Waals surface area contributed by atoms with E-state index in [9.17, 15) is 0 Å². The number of pyridine rings is 1. The second-order valence-corrected chi connectivity index (χ2v) is 5.57. The average molecular weight is 267 g/mol. The van der Waals surface area contributed by atoms with Gasteiger partial charge >= 0.3 is 0 Å². The molecular formula is C13H15ClN2S. The topological polar surface area (TPSA) is 24.9 Å². The summed E-state index contributed by atoms with van der Waals surface area (Å²) in [5, 5.41) is 3.46. The average Bonchev–Trinajstić information content (AvgIpc) is 2.75. The summed E-state index contributed by atoms with van der Waals surface area (Å²) >= 11 is 7.58. The maximum atomic E-state index is 5.95.